The first kappa shape index (κ1) is 16.6. The van der Waals surface area contributed by atoms with Gasteiger partial charge in [0.15, 0.2) is 11.5 Å². The van der Waals surface area contributed by atoms with Crippen molar-refractivity contribution >= 4 is 54.5 Å². The zero-order chi connectivity index (χ0) is 17.3. The van der Waals surface area contributed by atoms with Crippen LogP contribution < -0.4 is 4.74 Å². The van der Waals surface area contributed by atoms with Gasteiger partial charge < -0.3 is 14.8 Å². The number of benzene rings is 2. The van der Waals surface area contributed by atoms with Gasteiger partial charge in [-0.15, -0.1) is 0 Å². The fourth-order valence-corrected chi connectivity index (χ4v) is 3.10. The standard InChI is InChI=1S/C17H11Br2N3O2/c1-24-13-7-9(14(18)15(19)16(13)23)6-10(8-20)17-21-11-4-2-3-5-12(11)22-17/h2-7,23H,1H3,(H,21,22). The Kier molecular flexibility index (Phi) is 4.60. The molecule has 1 heterocycles. The lowest BCUT2D eigenvalue weighted by Crippen LogP contribution is -1.90. The number of aromatic nitrogens is 2. The van der Waals surface area contributed by atoms with Crippen LogP contribution in [0.5, 0.6) is 11.5 Å². The molecule has 1 aromatic heterocycles. The first-order valence-electron chi connectivity index (χ1n) is 6.87. The molecule has 0 aliphatic rings. The molecule has 120 valence electrons. The van der Waals surface area contributed by atoms with Gasteiger partial charge in [-0.25, -0.2) is 4.98 Å². The molecular weight excluding hydrogens is 438 g/mol. The Balaban J connectivity index is 2.15. The van der Waals surface area contributed by atoms with Crippen LogP contribution in [0.3, 0.4) is 0 Å². The first-order valence-corrected chi connectivity index (χ1v) is 8.45. The number of hydrogen-bond acceptors (Lipinski definition) is 4. The van der Waals surface area contributed by atoms with Gasteiger partial charge in [0.25, 0.3) is 0 Å². The van der Waals surface area contributed by atoms with Crippen molar-refractivity contribution < 1.29 is 9.84 Å². The monoisotopic (exact) mass is 447 g/mol. The molecule has 0 fully saturated rings. The average Bonchev–Trinajstić information content (AvgIpc) is 3.03. The SMILES string of the molecule is COc1cc(C=C(C#N)c2nc3ccccc3[nH]2)c(Br)c(Br)c1O. The van der Waals surface area contributed by atoms with E-state index in [0.717, 1.165) is 11.0 Å². The first-order chi connectivity index (χ1) is 11.5. The van der Waals surface area contributed by atoms with Crippen LogP contribution in [0.4, 0.5) is 0 Å². The molecule has 0 spiro atoms. The van der Waals surface area contributed by atoms with Gasteiger partial charge in [-0.3, -0.25) is 0 Å². The highest BCUT2D eigenvalue weighted by molar-refractivity contribution is 9.13. The van der Waals surface area contributed by atoms with Gasteiger partial charge in [-0.05, 0) is 61.7 Å². The van der Waals surface area contributed by atoms with Gasteiger partial charge in [0.1, 0.15) is 11.9 Å². The van der Waals surface area contributed by atoms with E-state index >= 15 is 0 Å². The van der Waals surface area contributed by atoms with Gasteiger partial charge in [-0.2, -0.15) is 5.26 Å². The lowest BCUT2D eigenvalue weighted by Gasteiger charge is -2.10. The van der Waals surface area contributed by atoms with Crippen LogP contribution >= 0.6 is 31.9 Å². The number of H-pyrrole nitrogens is 1. The number of methoxy groups -OCH3 is 1. The molecule has 5 nitrogen and oxygen atoms in total. The normalized spacial score (nSPS) is 11.5. The maximum Gasteiger partial charge on any atom is 0.173 e. The summed E-state index contributed by atoms with van der Waals surface area (Å²) in [6.07, 6.45) is 1.68. The van der Waals surface area contributed by atoms with Crippen LogP contribution in [0.15, 0.2) is 39.3 Å². The van der Waals surface area contributed by atoms with E-state index in [-0.39, 0.29) is 5.75 Å². The van der Waals surface area contributed by atoms with Crippen molar-refractivity contribution in [3.63, 3.8) is 0 Å². The number of phenolic OH excluding ortho intramolecular Hbond substituents is 1. The fraction of sp³-hybridized carbons (Fsp3) is 0.0588. The smallest absolute Gasteiger partial charge is 0.173 e. The predicted molar refractivity (Wildman–Crippen MR) is 99.6 cm³/mol. The maximum absolute atomic E-state index is 10.0. The molecule has 0 saturated carbocycles. The molecule has 3 rings (SSSR count). The number of ether oxygens (including phenoxy) is 1. The van der Waals surface area contributed by atoms with Crippen LogP contribution in [0.25, 0.3) is 22.7 Å². The number of nitrogens with one attached hydrogen (secondary N) is 1. The Bertz CT molecular complexity index is 970. The van der Waals surface area contributed by atoms with E-state index < -0.39 is 0 Å². The molecule has 3 aromatic rings. The fourth-order valence-electron chi connectivity index (χ4n) is 2.26. The zero-order valence-corrected chi connectivity index (χ0v) is 15.6. The van der Waals surface area contributed by atoms with Crippen molar-refractivity contribution in [3.8, 4) is 17.6 Å². The third-order valence-corrected chi connectivity index (χ3v) is 5.62. The molecule has 0 unspecified atom stereocenters. The minimum absolute atomic E-state index is 0.0104. The summed E-state index contributed by atoms with van der Waals surface area (Å²) in [6.45, 7) is 0. The maximum atomic E-state index is 10.0. The number of para-hydroxylation sites is 2. The van der Waals surface area contributed by atoms with Crippen molar-refractivity contribution in [3.05, 3.63) is 50.7 Å². The number of fused-ring (bicyclic) bond motifs is 1. The van der Waals surface area contributed by atoms with E-state index in [1.54, 1.807) is 12.1 Å². The minimum Gasteiger partial charge on any atom is -0.503 e. The summed E-state index contributed by atoms with van der Waals surface area (Å²) in [5.74, 6) is 0.774. The quantitative estimate of drug-likeness (QED) is 0.560. The Hall–Kier alpha value is -2.30. The summed E-state index contributed by atoms with van der Waals surface area (Å²) in [4.78, 5) is 7.57. The summed E-state index contributed by atoms with van der Waals surface area (Å²) in [5, 5.41) is 19.5. The number of aromatic hydroxyl groups is 1. The molecule has 2 N–H and O–H groups in total. The highest BCUT2D eigenvalue weighted by Gasteiger charge is 2.15. The van der Waals surface area contributed by atoms with Crippen molar-refractivity contribution in [2.45, 2.75) is 0 Å². The summed E-state index contributed by atoms with van der Waals surface area (Å²) in [6, 6.07) is 11.4. The van der Waals surface area contributed by atoms with Gasteiger partial charge >= 0.3 is 0 Å². The number of rotatable bonds is 3. The molecule has 0 atom stereocenters. The lowest BCUT2D eigenvalue weighted by atomic mass is 10.1. The van der Waals surface area contributed by atoms with Crippen LogP contribution in [0.2, 0.25) is 0 Å². The second kappa shape index (κ2) is 6.67. The van der Waals surface area contributed by atoms with Crippen LogP contribution in [0, 0.1) is 11.3 Å². The van der Waals surface area contributed by atoms with Crippen LogP contribution in [0.1, 0.15) is 11.4 Å². The molecule has 0 aliphatic carbocycles. The summed E-state index contributed by atoms with van der Waals surface area (Å²) >= 11 is 6.72. The molecule has 0 aliphatic heterocycles. The highest BCUT2D eigenvalue weighted by Crippen LogP contribution is 2.42. The largest absolute Gasteiger partial charge is 0.503 e. The van der Waals surface area contributed by atoms with E-state index in [2.05, 4.69) is 47.9 Å². The number of halogens is 2. The molecule has 0 radical (unpaired) electrons. The minimum atomic E-state index is -0.0104. The number of allylic oxidation sites excluding steroid dienone is 1. The Morgan fingerprint density at radius 1 is 1.33 bits per heavy atom. The molecule has 0 bridgehead atoms. The van der Waals surface area contributed by atoms with Gasteiger partial charge in [-0.1, -0.05) is 12.1 Å². The lowest BCUT2D eigenvalue weighted by molar-refractivity contribution is 0.371. The summed E-state index contributed by atoms with van der Waals surface area (Å²) in [7, 11) is 1.47. The second-order valence-corrected chi connectivity index (χ2v) is 6.50. The summed E-state index contributed by atoms with van der Waals surface area (Å²) < 4.78 is 6.22. The van der Waals surface area contributed by atoms with E-state index in [0.29, 0.717) is 31.7 Å². The Morgan fingerprint density at radius 3 is 2.75 bits per heavy atom. The number of nitriles is 1. The Labute approximate surface area is 154 Å². The molecular formula is C17H11Br2N3O2. The summed E-state index contributed by atoms with van der Waals surface area (Å²) in [5.41, 5.74) is 2.69. The van der Waals surface area contributed by atoms with Crippen molar-refractivity contribution in [2.24, 2.45) is 0 Å². The van der Waals surface area contributed by atoms with Gasteiger partial charge in [0, 0.05) is 4.47 Å². The zero-order valence-electron chi connectivity index (χ0n) is 12.5. The van der Waals surface area contributed by atoms with Gasteiger partial charge in [0.2, 0.25) is 0 Å². The second-order valence-electron chi connectivity index (χ2n) is 4.92. The third-order valence-electron chi connectivity index (χ3n) is 3.46. The number of imidazole rings is 1. The third kappa shape index (κ3) is 2.90. The molecule has 2 aromatic carbocycles. The topological polar surface area (TPSA) is 81.9 Å². The number of phenols is 1. The van der Waals surface area contributed by atoms with Crippen LogP contribution in [-0.4, -0.2) is 22.2 Å². The van der Waals surface area contributed by atoms with Crippen molar-refractivity contribution in [2.75, 3.05) is 7.11 Å². The van der Waals surface area contributed by atoms with E-state index in [1.807, 2.05) is 24.3 Å². The molecule has 7 heteroatoms. The molecule has 24 heavy (non-hydrogen) atoms. The highest BCUT2D eigenvalue weighted by atomic mass is 79.9. The van der Waals surface area contributed by atoms with Crippen LogP contribution in [-0.2, 0) is 0 Å². The number of nitrogens with zero attached hydrogens (tertiary/aromatic N) is 2. The number of hydrogen-bond donors (Lipinski definition) is 2. The van der Waals surface area contributed by atoms with E-state index in [1.165, 1.54) is 7.11 Å². The van der Waals surface area contributed by atoms with Crippen molar-refractivity contribution in [1.82, 2.24) is 9.97 Å². The van der Waals surface area contributed by atoms with Gasteiger partial charge in [0.05, 0.1) is 28.2 Å². The molecule has 0 saturated heterocycles. The number of aromatic amines is 1. The van der Waals surface area contributed by atoms with Crippen molar-refractivity contribution in [1.29, 1.82) is 5.26 Å². The molecule has 0 amide bonds. The van der Waals surface area contributed by atoms with E-state index in [9.17, 15) is 10.4 Å². The predicted octanol–water partition coefficient (Wildman–Crippen LogP) is 4.87. The average molecular weight is 449 g/mol. The Morgan fingerprint density at radius 2 is 2.08 bits per heavy atom. The van der Waals surface area contributed by atoms with E-state index in [4.69, 9.17) is 4.74 Å².